The van der Waals surface area contributed by atoms with Crippen molar-refractivity contribution in [2.75, 3.05) is 13.1 Å². The van der Waals surface area contributed by atoms with Crippen molar-refractivity contribution in [1.29, 1.82) is 0 Å². The van der Waals surface area contributed by atoms with Crippen LogP contribution in [-0.2, 0) is 0 Å². The smallest absolute Gasteiger partial charge is 0.0280 e. The third-order valence-electron chi connectivity index (χ3n) is 3.97. The van der Waals surface area contributed by atoms with Crippen LogP contribution in [0.3, 0.4) is 0 Å². The largest absolute Gasteiger partial charge is 0.324 e. The molecule has 0 aliphatic heterocycles. The number of nitrogens with one attached hydrogen (secondary N) is 1. The lowest BCUT2D eigenvalue weighted by atomic mass is 9.83. The Morgan fingerprint density at radius 1 is 1.29 bits per heavy atom. The van der Waals surface area contributed by atoms with Crippen LogP contribution in [0.5, 0.6) is 0 Å². The van der Waals surface area contributed by atoms with Crippen molar-refractivity contribution in [3.63, 3.8) is 0 Å². The highest BCUT2D eigenvalue weighted by Gasteiger charge is 2.37. The molecule has 1 atom stereocenters. The molecule has 1 unspecified atom stereocenters. The summed E-state index contributed by atoms with van der Waals surface area (Å²) in [5, 5.41) is 3.52. The molecule has 0 amide bonds. The van der Waals surface area contributed by atoms with E-state index >= 15 is 0 Å². The first kappa shape index (κ1) is 10.4. The van der Waals surface area contributed by atoms with Gasteiger partial charge in [-0.05, 0) is 44.6 Å². The molecule has 0 saturated heterocycles. The van der Waals surface area contributed by atoms with Gasteiger partial charge in [-0.3, -0.25) is 0 Å². The molecule has 2 heteroatoms. The van der Waals surface area contributed by atoms with E-state index in [9.17, 15) is 0 Å². The van der Waals surface area contributed by atoms with Crippen LogP contribution in [0.2, 0.25) is 0 Å². The van der Waals surface area contributed by atoms with Crippen LogP contribution in [0.25, 0.3) is 0 Å². The molecule has 2 rings (SSSR count). The predicted octanol–water partition coefficient (Wildman–Crippen LogP) is 1.89. The van der Waals surface area contributed by atoms with Gasteiger partial charge in [0.1, 0.15) is 0 Å². The molecule has 2 fully saturated rings. The summed E-state index contributed by atoms with van der Waals surface area (Å²) in [6, 6.07) is 0. The van der Waals surface area contributed by atoms with Gasteiger partial charge in [-0.25, -0.2) is 0 Å². The van der Waals surface area contributed by atoms with E-state index in [1.807, 2.05) is 0 Å². The fourth-order valence-electron chi connectivity index (χ4n) is 2.33. The fourth-order valence-corrected chi connectivity index (χ4v) is 2.33. The normalized spacial score (nSPS) is 27.0. The lowest BCUT2D eigenvalue weighted by molar-refractivity contribution is 0.285. The third kappa shape index (κ3) is 2.71. The van der Waals surface area contributed by atoms with Crippen molar-refractivity contribution in [3.8, 4) is 0 Å². The quantitative estimate of drug-likeness (QED) is 0.637. The van der Waals surface area contributed by atoms with E-state index in [2.05, 4.69) is 12.2 Å². The van der Waals surface area contributed by atoms with Crippen molar-refractivity contribution >= 4 is 0 Å². The van der Waals surface area contributed by atoms with E-state index in [1.165, 1.54) is 45.1 Å². The molecule has 14 heavy (non-hydrogen) atoms. The van der Waals surface area contributed by atoms with Crippen LogP contribution in [0.15, 0.2) is 0 Å². The zero-order valence-corrected chi connectivity index (χ0v) is 9.39. The maximum atomic E-state index is 6.22. The molecule has 0 aromatic carbocycles. The van der Waals surface area contributed by atoms with Crippen LogP contribution < -0.4 is 11.1 Å². The number of hydrogen-bond acceptors (Lipinski definition) is 2. The summed E-state index contributed by atoms with van der Waals surface area (Å²) in [5.41, 5.74) is 6.28. The molecule has 2 aliphatic carbocycles. The third-order valence-corrected chi connectivity index (χ3v) is 3.97. The molecule has 0 heterocycles. The first-order valence-corrected chi connectivity index (χ1v) is 6.18. The Bertz CT molecular complexity index is 181. The van der Waals surface area contributed by atoms with Gasteiger partial charge in [0.05, 0.1) is 0 Å². The molecule has 2 nitrogen and oxygen atoms in total. The number of hydrogen-bond donors (Lipinski definition) is 2. The predicted molar refractivity (Wildman–Crippen MR) is 60.1 cm³/mol. The second-order valence-electron chi connectivity index (χ2n) is 5.54. The van der Waals surface area contributed by atoms with Crippen LogP contribution in [0.4, 0.5) is 0 Å². The molecule has 2 aliphatic rings. The van der Waals surface area contributed by atoms with Gasteiger partial charge < -0.3 is 11.1 Å². The van der Waals surface area contributed by atoms with Crippen molar-refractivity contribution in [2.45, 2.75) is 51.0 Å². The number of rotatable bonds is 6. The molecule has 0 bridgehead atoms. The summed E-state index contributed by atoms with van der Waals surface area (Å²) >= 11 is 0. The Balaban J connectivity index is 1.52. The summed E-state index contributed by atoms with van der Waals surface area (Å²) < 4.78 is 0. The lowest BCUT2D eigenvalue weighted by Gasteiger charge is -2.28. The topological polar surface area (TPSA) is 38.0 Å². The first-order chi connectivity index (χ1) is 6.68. The van der Waals surface area contributed by atoms with Crippen molar-refractivity contribution in [2.24, 2.45) is 17.6 Å². The number of nitrogens with two attached hydrogens (primary N) is 1. The minimum absolute atomic E-state index is 0.0552. The Labute approximate surface area is 87.6 Å². The SMILES string of the molecule is CC(N)(CNCCC1CCC1)C1CC1. The van der Waals surface area contributed by atoms with Crippen LogP contribution in [0, 0.1) is 11.8 Å². The monoisotopic (exact) mass is 196 g/mol. The fraction of sp³-hybridized carbons (Fsp3) is 1.00. The summed E-state index contributed by atoms with van der Waals surface area (Å²) in [4.78, 5) is 0. The molecular formula is C12H24N2. The van der Waals surface area contributed by atoms with E-state index in [0.29, 0.717) is 0 Å². The average molecular weight is 196 g/mol. The zero-order chi connectivity index (χ0) is 10.0. The van der Waals surface area contributed by atoms with E-state index in [4.69, 9.17) is 5.73 Å². The molecule has 0 radical (unpaired) electrons. The van der Waals surface area contributed by atoms with Gasteiger partial charge in [0.25, 0.3) is 0 Å². The van der Waals surface area contributed by atoms with Crippen LogP contribution >= 0.6 is 0 Å². The molecule has 0 aromatic heterocycles. The second kappa shape index (κ2) is 4.19. The van der Waals surface area contributed by atoms with Gasteiger partial charge in [0.2, 0.25) is 0 Å². The van der Waals surface area contributed by atoms with E-state index in [0.717, 1.165) is 18.4 Å². The Morgan fingerprint density at radius 2 is 2.00 bits per heavy atom. The summed E-state index contributed by atoms with van der Waals surface area (Å²) in [6.07, 6.45) is 8.44. The van der Waals surface area contributed by atoms with E-state index < -0.39 is 0 Å². The second-order valence-corrected chi connectivity index (χ2v) is 5.54. The maximum absolute atomic E-state index is 6.22. The molecule has 0 spiro atoms. The highest BCUT2D eigenvalue weighted by molar-refractivity contribution is 4.96. The van der Waals surface area contributed by atoms with Gasteiger partial charge in [-0.1, -0.05) is 19.3 Å². The summed E-state index contributed by atoms with van der Waals surface area (Å²) in [7, 11) is 0. The lowest BCUT2D eigenvalue weighted by Crippen LogP contribution is -2.48. The molecule has 3 N–H and O–H groups in total. The Morgan fingerprint density at radius 3 is 2.50 bits per heavy atom. The minimum Gasteiger partial charge on any atom is -0.324 e. The van der Waals surface area contributed by atoms with Gasteiger partial charge >= 0.3 is 0 Å². The standard InChI is InChI=1S/C12H24N2/c1-12(13,11-5-6-11)9-14-8-7-10-3-2-4-10/h10-11,14H,2-9,13H2,1H3. The van der Waals surface area contributed by atoms with Crippen molar-refractivity contribution < 1.29 is 0 Å². The van der Waals surface area contributed by atoms with E-state index in [-0.39, 0.29) is 5.54 Å². The molecular weight excluding hydrogens is 172 g/mol. The van der Waals surface area contributed by atoms with Gasteiger partial charge in [0.15, 0.2) is 0 Å². The van der Waals surface area contributed by atoms with Gasteiger partial charge in [-0.2, -0.15) is 0 Å². The Kier molecular flexibility index (Phi) is 3.13. The first-order valence-electron chi connectivity index (χ1n) is 6.18. The van der Waals surface area contributed by atoms with Crippen molar-refractivity contribution in [1.82, 2.24) is 5.32 Å². The minimum atomic E-state index is 0.0552. The van der Waals surface area contributed by atoms with Gasteiger partial charge in [0, 0.05) is 12.1 Å². The highest BCUT2D eigenvalue weighted by atomic mass is 14.9. The van der Waals surface area contributed by atoms with Gasteiger partial charge in [-0.15, -0.1) is 0 Å². The molecule has 82 valence electrons. The maximum Gasteiger partial charge on any atom is 0.0280 e. The van der Waals surface area contributed by atoms with Crippen LogP contribution in [0.1, 0.15) is 45.4 Å². The molecule has 0 aromatic rings. The summed E-state index contributed by atoms with van der Waals surface area (Å²) in [6.45, 7) is 4.37. The van der Waals surface area contributed by atoms with Crippen LogP contribution in [-0.4, -0.2) is 18.6 Å². The highest BCUT2D eigenvalue weighted by Crippen LogP contribution is 2.37. The van der Waals surface area contributed by atoms with Crippen molar-refractivity contribution in [3.05, 3.63) is 0 Å². The average Bonchev–Trinajstić information content (AvgIpc) is 2.82. The Hall–Kier alpha value is -0.0800. The zero-order valence-electron chi connectivity index (χ0n) is 9.39. The summed E-state index contributed by atoms with van der Waals surface area (Å²) in [5.74, 6) is 1.81. The molecule has 2 saturated carbocycles. The van der Waals surface area contributed by atoms with E-state index in [1.54, 1.807) is 0 Å².